The molecule has 0 amide bonds. The third-order valence-electron chi connectivity index (χ3n) is 3.13. The first-order valence-electron chi connectivity index (χ1n) is 7.60. The Morgan fingerprint density at radius 3 is 2.55 bits per heavy atom. The summed E-state index contributed by atoms with van der Waals surface area (Å²) in [5.74, 6) is 0.808. The van der Waals surface area contributed by atoms with Gasteiger partial charge in [0.15, 0.2) is 5.96 Å². The zero-order chi connectivity index (χ0) is 16.4. The van der Waals surface area contributed by atoms with Gasteiger partial charge in [0, 0.05) is 37.0 Å². The monoisotopic (exact) mass is 307 g/mol. The first-order chi connectivity index (χ1) is 10.6. The fourth-order valence-corrected chi connectivity index (χ4v) is 1.72. The van der Waals surface area contributed by atoms with Gasteiger partial charge in [-0.3, -0.25) is 15.1 Å². The van der Waals surface area contributed by atoms with Gasteiger partial charge in [0.05, 0.1) is 11.5 Å². The zero-order valence-corrected chi connectivity index (χ0v) is 13.4. The molecule has 7 nitrogen and oxygen atoms in total. The molecule has 0 saturated carbocycles. The highest BCUT2D eigenvalue weighted by Crippen LogP contribution is 2.14. The van der Waals surface area contributed by atoms with Crippen molar-refractivity contribution in [1.82, 2.24) is 10.6 Å². The number of guanidine groups is 1. The molecule has 0 aliphatic rings. The highest BCUT2D eigenvalue weighted by molar-refractivity contribution is 5.80. The van der Waals surface area contributed by atoms with E-state index < -0.39 is 4.92 Å². The van der Waals surface area contributed by atoms with E-state index in [1.807, 2.05) is 6.92 Å². The maximum absolute atomic E-state index is 10.6. The van der Waals surface area contributed by atoms with E-state index in [0.29, 0.717) is 19.1 Å². The van der Waals surface area contributed by atoms with Crippen LogP contribution in [-0.4, -0.2) is 36.6 Å². The van der Waals surface area contributed by atoms with Gasteiger partial charge in [-0.05, 0) is 32.4 Å². The first-order valence-corrected chi connectivity index (χ1v) is 7.60. The number of nitrogens with zero attached hydrogens (tertiary/aromatic N) is 2. The molecule has 0 bridgehead atoms. The van der Waals surface area contributed by atoms with E-state index in [1.165, 1.54) is 12.1 Å². The van der Waals surface area contributed by atoms with Crippen molar-refractivity contribution in [2.75, 3.05) is 25.0 Å². The van der Waals surface area contributed by atoms with Crippen LogP contribution in [0.3, 0.4) is 0 Å². The molecular formula is C15H25N5O2. The van der Waals surface area contributed by atoms with E-state index in [1.54, 1.807) is 12.1 Å². The second-order valence-corrected chi connectivity index (χ2v) is 4.95. The molecule has 1 unspecified atom stereocenters. The molecule has 0 heterocycles. The lowest BCUT2D eigenvalue weighted by Gasteiger charge is -2.16. The summed E-state index contributed by atoms with van der Waals surface area (Å²) in [5, 5.41) is 20.3. The third-order valence-corrected chi connectivity index (χ3v) is 3.13. The summed E-state index contributed by atoms with van der Waals surface area (Å²) in [5.41, 5.74) is 0.941. The molecule has 22 heavy (non-hydrogen) atoms. The quantitative estimate of drug-likeness (QED) is 0.225. The molecular weight excluding hydrogens is 282 g/mol. The van der Waals surface area contributed by atoms with E-state index in [4.69, 9.17) is 0 Å². The Kier molecular flexibility index (Phi) is 7.74. The van der Waals surface area contributed by atoms with Crippen molar-refractivity contribution in [2.45, 2.75) is 33.2 Å². The van der Waals surface area contributed by atoms with Crippen molar-refractivity contribution in [3.8, 4) is 0 Å². The van der Waals surface area contributed by atoms with Gasteiger partial charge in [-0.25, -0.2) is 0 Å². The Morgan fingerprint density at radius 1 is 1.32 bits per heavy atom. The number of non-ortho nitro benzene ring substituents is 1. The number of anilines is 1. The number of benzene rings is 1. The van der Waals surface area contributed by atoms with Gasteiger partial charge in [0.1, 0.15) is 0 Å². The molecule has 1 rings (SSSR count). The lowest BCUT2D eigenvalue weighted by atomic mass is 10.3. The topological polar surface area (TPSA) is 91.6 Å². The second-order valence-electron chi connectivity index (χ2n) is 4.95. The van der Waals surface area contributed by atoms with Crippen LogP contribution in [0.4, 0.5) is 11.4 Å². The number of hydrogen-bond acceptors (Lipinski definition) is 4. The second kappa shape index (κ2) is 9.59. The maximum Gasteiger partial charge on any atom is 0.269 e. The maximum atomic E-state index is 10.6. The Hall–Kier alpha value is -2.31. The molecule has 1 aromatic carbocycles. The highest BCUT2D eigenvalue weighted by Gasteiger charge is 2.04. The molecule has 0 saturated heterocycles. The summed E-state index contributed by atoms with van der Waals surface area (Å²) in [6.07, 6.45) is 1.03. The first kappa shape index (κ1) is 17.7. The molecule has 122 valence electrons. The fourth-order valence-electron chi connectivity index (χ4n) is 1.72. The summed E-state index contributed by atoms with van der Waals surface area (Å²) in [7, 11) is 0. The predicted molar refractivity (Wildman–Crippen MR) is 90.5 cm³/mol. The van der Waals surface area contributed by atoms with Gasteiger partial charge in [-0.1, -0.05) is 6.92 Å². The Morgan fingerprint density at radius 2 is 2.00 bits per heavy atom. The third kappa shape index (κ3) is 6.43. The van der Waals surface area contributed by atoms with E-state index in [9.17, 15) is 10.1 Å². The Balaban J connectivity index is 2.43. The number of hydrogen-bond donors (Lipinski definition) is 3. The number of nitro groups is 1. The van der Waals surface area contributed by atoms with Crippen LogP contribution in [-0.2, 0) is 0 Å². The number of rotatable bonds is 8. The fraction of sp³-hybridized carbons (Fsp3) is 0.533. The molecule has 0 radical (unpaired) electrons. The van der Waals surface area contributed by atoms with Crippen LogP contribution in [0.25, 0.3) is 0 Å². The summed E-state index contributed by atoms with van der Waals surface area (Å²) in [6, 6.07) is 6.75. The SMILES string of the molecule is CCNC(=NCCNc1ccc([N+](=O)[O-])cc1)NC(C)CC. The summed E-state index contributed by atoms with van der Waals surface area (Å²) < 4.78 is 0. The van der Waals surface area contributed by atoms with Crippen LogP contribution in [0.5, 0.6) is 0 Å². The van der Waals surface area contributed by atoms with E-state index in [-0.39, 0.29) is 5.69 Å². The van der Waals surface area contributed by atoms with Crippen molar-refractivity contribution >= 4 is 17.3 Å². The van der Waals surface area contributed by atoms with E-state index >= 15 is 0 Å². The largest absolute Gasteiger partial charge is 0.383 e. The van der Waals surface area contributed by atoms with Crippen LogP contribution in [0, 0.1) is 10.1 Å². The zero-order valence-electron chi connectivity index (χ0n) is 13.4. The number of nitrogens with one attached hydrogen (secondary N) is 3. The highest BCUT2D eigenvalue weighted by atomic mass is 16.6. The van der Waals surface area contributed by atoms with Crippen molar-refractivity contribution < 1.29 is 4.92 Å². The molecule has 1 atom stereocenters. The molecule has 0 aliphatic heterocycles. The lowest BCUT2D eigenvalue weighted by molar-refractivity contribution is -0.384. The number of nitro benzene ring substituents is 1. The van der Waals surface area contributed by atoms with Crippen LogP contribution >= 0.6 is 0 Å². The lowest BCUT2D eigenvalue weighted by Crippen LogP contribution is -2.42. The summed E-state index contributed by atoms with van der Waals surface area (Å²) >= 11 is 0. The van der Waals surface area contributed by atoms with Gasteiger partial charge in [0.25, 0.3) is 5.69 Å². The minimum Gasteiger partial charge on any atom is -0.383 e. The van der Waals surface area contributed by atoms with Gasteiger partial charge in [-0.2, -0.15) is 0 Å². The van der Waals surface area contributed by atoms with Crippen LogP contribution in [0.2, 0.25) is 0 Å². The number of aliphatic imine (C=N–C) groups is 1. The predicted octanol–water partition coefficient (Wildman–Crippen LogP) is 2.36. The molecule has 0 aromatic heterocycles. The Bertz CT molecular complexity index is 487. The van der Waals surface area contributed by atoms with Crippen molar-refractivity contribution in [2.24, 2.45) is 4.99 Å². The molecule has 7 heteroatoms. The van der Waals surface area contributed by atoms with E-state index in [2.05, 4.69) is 34.8 Å². The van der Waals surface area contributed by atoms with Crippen LogP contribution < -0.4 is 16.0 Å². The van der Waals surface area contributed by atoms with Gasteiger partial charge >= 0.3 is 0 Å². The standard InChI is InChI=1S/C15H25N5O2/c1-4-12(3)19-15(16-5-2)18-11-10-17-13-6-8-14(9-7-13)20(21)22/h6-9,12,17H,4-5,10-11H2,1-3H3,(H2,16,18,19). The average Bonchev–Trinajstić information content (AvgIpc) is 2.51. The normalized spacial score (nSPS) is 12.6. The molecule has 3 N–H and O–H groups in total. The van der Waals surface area contributed by atoms with Crippen molar-refractivity contribution in [3.63, 3.8) is 0 Å². The van der Waals surface area contributed by atoms with E-state index in [0.717, 1.165) is 24.6 Å². The summed E-state index contributed by atoms with van der Waals surface area (Å²) in [4.78, 5) is 14.7. The molecule has 0 fully saturated rings. The van der Waals surface area contributed by atoms with Gasteiger partial charge < -0.3 is 16.0 Å². The van der Waals surface area contributed by atoms with Crippen molar-refractivity contribution in [3.05, 3.63) is 34.4 Å². The molecule has 0 spiro atoms. The van der Waals surface area contributed by atoms with Gasteiger partial charge in [0.2, 0.25) is 0 Å². The minimum absolute atomic E-state index is 0.0933. The van der Waals surface area contributed by atoms with Crippen LogP contribution in [0.15, 0.2) is 29.3 Å². The molecule has 0 aliphatic carbocycles. The molecule has 1 aromatic rings. The smallest absolute Gasteiger partial charge is 0.269 e. The minimum atomic E-state index is -0.405. The van der Waals surface area contributed by atoms with Gasteiger partial charge in [-0.15, -0.1) is 0 Å². The van der Waals surface area contributed by atoms with Crippen LogP contribution in [0.1, 0.15) is 27.2 Å². The summed E-state index contributed by atoms with van der Waals surface area (Å²) in [6.45, 7) is 8.36. The van der Waals surface area contributed by atoms with Crippen molar-refractivity contribution in [1.29, 1.82) is 0 Å². The Labute approximate surface area is 131 Å². The average molecular weight is 307 g/mol.